The van der Waals surface area contributed by atoms with Gasteiger partial charge in [0, 0.05) is 18.9 Å². The highest BCUT2D eigenvalue weighted by Crippen LogP contribution is 2.37. The molecule has 2 aromatic rings. The molecule has 0 saturated carbocycles. The molecule has 0 unspecified atom stereocenters. The fraction of sp³-hybridized carbons (Fsp3) is 0.250. The highest BCUT2D eigenvalue weighted by atomic mass is 35.5. The summed E-state index contributed by atoms with van der Waals surface area (Å²) >= 11 is 5.99. The van der Waals surface area contributed by atoms with E-state index in [1.54, 1.807) is 0 Å². The molecule has 0 aliphatic carbocycles. The van der Waals surface area contributed by atoms with Crippen LogP contribution in [0.1, 0.15) is 12.0 Å². The Morgan fingerprint density at radius 1 is 1.08 bits per heavy atom. The Hall–Kier alpha value is -1.71. The van der Waals surface area contributed by atoms with Crippen LogP contribution < -0.4 is 4.31 Å². The molecule has 1 heterocycles. The summed E-state index contributed by atoms with van der Waals surface area (Å²) in [5.74, 6) is -1.80. The molecule has 1 aliphatic heterocycles. The lowest BCUT2D eigenvalue weighted by atomic mass is 10.0. The number of aryl methyl sites for hydroxylation is 1. The predicted octanol–water partition coefficient (Wildman–Crippen LogP) is 3.16. The minimum atomic E-state index is -4.35. The molecule has 2 aromatic carbocycles. The summed E-state index contributed by atoms with van der Waals surface area (Å²) in [6.07, 6.45) is 1.62. The van der Waals surface area contributed by atoms with Crippen LogP contribution in [-0.4, -0.2) is 29.6 Å². The van der Waals surface area contributed by atoms with Crippen molar-refractivity contribution in [1.29, 1.82) is 0 Å². The van der Waals surface area contributed by atoms with Gasteiger partial charge in [-0.05, 0) is 42.7 Å². The third-order valence-corrected chi connectivity index (χ3v) is 7.45. The molecular formula is C16H14ClF2NO4S2. The number of rotatable bonds is 3. The van der Waals surface area contributed by atoms with E-state index in [4.69, 9.17) is 11.6 Å². The Labute approximate surface area is 155 Å². The van der Waals surface area contributed by atoms with Crippen LogP contribution in [0.2, 0.25) is 5.02 Å². The van der Waals surface area contributed by atoms with E-state index < -0.39 is 36.4 Å². The largest absolute Gasteiger partial charge is 0.265 e. The first-order chi connectivity index (χ1) is 12.0. The van der Waals surface area contributed by atoms with Crippen molar-refractivity contribution in [2.75, 3.05) is 17.1 Å². The van der Waals surface area contributed by atoms with E-state index in [1.165, 1.54) is 6.07 Å². The van der Waals surface area contributed by atoms with Crippen LogP contribution in [0.3, 0.4) is 0 Å². The Morgan fingerprint density at radius 2 is 1.77 bits per heavy atom. The third kappa shape index (κ3) is 3.30. The number of sulfone groups is 1. The number of nitrogens with zero attached hydrogens (tertiary/aromatic N) is 1. The summed E-state index contributed by atoms with van der Waals surface area (Å²) in [5.41, 5.74) is -0.00816. The van der Waals surface area contributed by atoms with E-state index in [0.29, 0.717) is 18.9 Å². The first-order valence-electron chi connectivity index (χ1n) is 7.52. The van der Waals surface area contributed by atoms with Gasteiger partial charge in [0.2, 0.25) is 0 Å². The maximum Gasteiger partial charge on any atom is 0.265 e. The monoisotopic (exact) mass is 421 g/mol. The molecule has 0 N–H and O–H groups in total. The number of benzene rings is 2. The van der Waals surface area contributed by atoms with Crippen molar-refractivity contribution in [2.45, 2.75) is 22.6 Å². The zero-order chi connectivity index (χ0) is 19.3. The fourth-order valence-corrected chi connectivity index (χ4v) is 5.66. The lowest BCUT2D eigenvalue weighted by molar-refractivity contribution is 0.561. The number of sulfonamides is 1. The van der Waals surface area contributed by atoms with Gasteiger partial charge in [0.1, 0.15) is 10.7 Å². The number of anilines is 1. The van der Waals surface area contributed by atoms with E-state index in [-0.39, 0.29) is 27.7 Å². The molecule has 0 bridgehead atoms. The van der Waals surface area contributed by atoms with Gasteiger partial charge in [-0.15, -0.1) is 0 Å². The molecule has 1 aliphatic rings. The average Bonchev–Trinajstić information content (AvgIpc) is 2.53. The molecule has 3 rings (SSSR count). The molecule has 5 nitrogen and oxygen atoms in total. The van der Waals surface area contributed by atoms with E-state index in [2.05, 4.69) is 0 Å². The predicted molar refractivity (Wildman–Crippen MR) is 93.8 cm³/mol. The lowest BCUT2D eigenvalue weighted by Crippen LogP contribution is -2.36. The number of hydrogen-bond donors (Lipinski definition) is 0. The van der Waals surface area contributed by atoms with Crippen LogP contribution in [0.25, 0.3) is 0 Å². The van der Waals surface area contributed by atoms with E-state index in [0.717, 1.165) is 28.8 Å². The topological polar surface area (TPSA) is 71.5 Å². The molecule has 26 heavy (non-hydrogen) atoms. The minimum Gasteiger partial charge on any atom is -0.263 e. The number of halogens is 3. The average molecular weight is 422 g/mol. The third-order valence-electron chi connectivity index (χ3n) is 4.06. The highest BCUT2D eigenvalue weighted by Gasteiger charge is 2.34. The zero-order valence-corrected chi connectivity index (χ0v) is 15.9. The van der Waals surface area contributed by atoms with Crippen molar-refractivity contribution in [2.24, 2.45) is 0 Å². The summed E-state index contributed by atoms with van der Waals surface area (Å²) in [4.78, 5) is -0.670. The first kappa shape index (κ1) is 19.1. The van der Waals surface area contributed by atoms with Gasteiger partial charge in [-0.1, -0.05) is 11.6 Å². The van der Waals surface area contributed by atoms with Crippen molar-refractivity contribution in [3.05, 3.63) is 52.6 Å². The van der Waals surface area contributed by atoms with Gasteiger partial charge < -0.3 is 0 Å². The Morgan fingerprint density at radius 3 is 2.42 bits per heavy atom. The maximum absolute atomic E-state index is 14.3. The van der Waals surface area contributed by atoms with Crippen molar-refractivity contribution in [3.8, 4) is 0 Å². The Balaban J connectivity index is 2.21. The Bertz CT molecular complexity index is 1100. The molecule has 0 saturated heterocycles. The van der Waals surface area contributed by atoms with Crippen LogP contribution in [0.4, 0.5) is 14.5 Å². The smallest absolute Gasteiger partial charge is 0.263 e. The van der Waals surface area contributed by atoms with Gasteiger partial charge in [0.25, 0.3) is 10.0 Å². The molecule has 0 radical (unpaired) electrons. The molecule has 10 heteroatoms. The van der Waals surface area contributed by atoms with E-state index in [1.807, 2.05) is 0 Å². The molecule has 0 atom stereocenters. The number of hydrogen-bond acceptors (Lipinski definition) is 4. The summed E-state index contributed by atoms with van der Waals surface area (Å²) in [6.45, 7) is -0.0304. The molecular weight excluding hydrogens is 408 g/mol. The van der Waals surface area contributed by atoms with Crippen molar-refractivity contribution >= 4 is 37.1 Å². The van der Waals surface area contributed by atoms with Crippen LogP contribution in [0.5, 0.6) is 0 Å². The second-order valence-corrected chi connectivity index (χ2v) is 10.2. The van der Waals surface area contributed by atoms with Gasteiger partial charge >= 0.3 is 0 Å². The molecule has 0 fully saturated rings. The SMILES string of the molecule is CS(=O)(=O)c1ccc(Cl)c(S(=O)(=O)N2CCCc3cc(F)cc(F)c32)c1. The molecule has 140 valence electrons. The summed E-state index contributed by atoms with van der Waals surface area (Å²) in [6, 6.07) is 5.01. The first-order valence-corrected chi connectivity index (χ1v) is 11.2. The normalized spacial score (nSPS) is 15.0. The molecule has 0 amide bonds. The van der Waals surface area contributed by atoms with Gasteiger partial charge in [-0.2, -0.15) is 0 Å². The van der Waals surface area contributed by atoms with Gasteiger partial charge in [-0.3, -0.25) is 4.31 Å². The van der Waals surface area contributed by atoms with Crippen LogP contribution in [-0.2, 0) is 26.3 Å². The maximum atomic E-state index is 14.3. The summed E-state index contributed by atoms with van der Waals surface area (Å²) < 4.78 is 78.2. The molecule has 0 spiro atoms. The summed E-state index contributed by atoms with van der Waals surface area (Å²) in [7, 11) is -8.02. The second-order valence-electron chi connectivity index (χ2n) is 5.94. The van der Waals surface area contributed by atoms with Gasteiger partial charge in [0.15, 0.2) is 15.7 Å². The van der Waals surface area contributed by atoms with Crippen molar-refractivity contribution < 1.29 is 25.6 Å². The number of fused-ring (bicyclic) bond motifs is 1. The molecule has 0 aromatic heterocycles. The zero-order valence-electron chi connectivity index (χ0n) is 13.5. The van der Waals surface area contributed by atoms with Gasteiger partial charge in [-0.25, -0.2) is 25.6 Å². The fourth-order valence-electron chi connectivity index (χ4n) is 2.89. The standard InChI is InChI=1S/C16H14ClF2NO4S2/c1-25(21,22)12-4-5-13(17)15(9-12)26(23,24)20-6-2-3-10-7-11(18)8-14(19)16(10)20/h4-5,7-9H,2-3,6H2,1H3. The van der Waals surface area contributed by atoms with E-state index >= 15 is 0 Å². The second kappa shape index (κ2) is 6.47. The van der Waals surface area contributed by atoms with Gasteiger partial charge in [0.05, 0.1) is 15.6 Å². The van der Waals surface area contributed by atoms with Crippen LogP contribution in [0, 0.1) is 11.6 Å². The lowest BCUT2D eigenvalue weighted by Gasteiger charge is -2.31. The quantitative estimate of drug-likeness (QED) is 0.763. The Kier molecular flexibility index (Phi) is 4.74. The van der Waals surface area contributed by atoms with Crippen LogP contribution in [0.15, 0.2) is 40.1 Å². The van der Waals surface area contributed by atoms with E-state index in [9.17, 15) is 25.6 Å². The minimum absolute atomic E-state index is 0.0304. The highest BCUT2D eigenvalue weighted by molar-refractivity contribution is 7.93. The van der Waals surface area contributed by atoms with Crippen LogP contribution >= 0.6 is 11.6 Å². The van der Waals surface area contributed by atoms with Crippen molar-refractivity contribution in [1.82, 2.24) is 0 Å². The van der Waals surface area contributed by atoms with Crippen molar-refractivity contribution in [3.63, 3.8) is 0 Å². The summed E-state index contributed by atoms with van der Waals surface area (Å²) in [5, 5.41) is -0.188.